The average molecular weight is 248 g/mol. The van der Waals surface area contributed by atoms with Crippen molar-refractivity contribution < 1.29 is 9.59 Å². The number of hydrogen-bond acceptors (Lipinski definition) is 2. The number of halogens is 1. The van der Waals surface area contributed by atoms with Crippen LogP contribution in [0.5, 0.6) is 0 Å². The van der Waals surface area contributed by atoms with Crippen LogP contribution in [0.15, 0.2) is 36.5 Å². The molecule has 0 aliphatic rings. The summed E-state index contributed by atoms with van der Waals surface area (Å²) in [6.07, 6.45) is 2.35. The maximum atomic E-state index is 12.1. The zero-order valence-electron chi connectivity index (χ0n) is 9.18. The van der Waals surface area contributed by atoms with E-state index in [1.807, 2.05) is 0 Å². The molecule has 86 valence electrons. The van der Waals surface area contributed by atoms with Gasteiger partial charge in [0, 0.05) is 29.4 Å². The van der Waals surface area contributed by atoms with E-state index in [2.05, 4.69) is 0 Å². The van der Waals surface area contributed by atoms with Crippen molar-refractivity contribution in [2.75, 3.05) is 0 Å². The first-order valence-corrected chi connectivity index (χ1v) is 5.41. The third-order valence-electron chi connectivity index (χ3n) is 2.51. The number of nitrogens with zero attached hydrogens (tertiary/aromatic N) is 1. The minimum absolute atomic E-state index is 0.142. The summed E-state index contributed by atoms with van der Waals surface area (Å²) >= 11 is 5.83. The fraction of sp³-hybridized carbons (Fsp3) is 0.0769. The van der Waals surface area contributed by atoms with Gasteiger partial charge in [0.2, 0.25) is 0 Å². The summed E-state index contributed by atoms with van der Waals surface area (Å²) in [5.41, 5.74) is 1.47. The van der Waals surface area contributed by atoms with E-state index in [0.29, 0.717) is 21.8 Å². The van der Waals surface area contributed by atoms with Crippen LogP contribution >= 0.6 is 11.6 Å². The highest BCUT2D eigenvalue weighted by atomic mass is 35.5. The molecule has 0 saturated carbocycles. The van der Waals surface area contributed by atoms with Crippen LogP contribution in [-0.4, -0.2) is 16.6 Å². The van der Waals surface area contributed by atoms with Crippen molar-refractivity contribution in [3.05, 3.63) is 58.4 Å². The largest absolute Gasteiger partial charge is 0.348 e. The number of carbonyl (C=O) groups is 2. The molecule has 3 nitrogen and oxygen atoms in total. The minimum Gasteiger partial charge on any atom is -0.348 e. The van der Waals surface area contributed by atoms with Gasteiger partial charge in [0.05, 0.1) is 5.69 Å². The lowest BCUT2D eigenvalue weighted by atomic mass is 10.1. The summed E-state index contributed by atoms with van der Waals surface area (Å²) in [4.78, 5) is 22.8. The van der Waals surface area contributed by atoms with E-state index in [1.165, 1.54) is 0 Å². The van der Waals surface area contributed by atoms with Crippen molar-refractivity contribution in [1.82, 2.24) is 4.57 Å². The topological polar surface area (TPSA) is 39.1 Å². The van der Waals surface area contributed by atoms with Gasteiger partial charge in [-0.3, -0.25) is 9.59 Å². The van der Waals surface area contributed by atoms with Gasteiger partial charge < -0.3 is 4.57 Å². The van der Waals surface area contributed by atoms with Gasteiger partial charge >= 0.3 is 0 Å². The molecule has 1 aromatic heterocycles. The zero-order valence-corrected chi connectivity index (χ0v) is 9.94. The smallest absolute Gasteiger partial charge is 0.194 e. The van der Waals surface area contributed by atoms with Crippen LogP contribution in [-0.2, 0) is 7.05 Å². The Morgan fingerprint density at radius 2 is 2.06 bits per heavy atom. The van der Waals surface area contributed by atoms with E-state index in [1.54, 1.807) is 48.1 Å². The second-order valence-corrected chi connectivity index (χ2v) is 4.16. The van der Waals surface area contributed by atoms with Crippen molar-refractivity contribution >= 4 is 23.7 Å². The highest BCUT2D eigenvalue weighted by Gasteiger charge is 2.12. The van der Waals surface area contributed by atoms with Gasteiger partial charge in [0.25, 0.3) is 0 Å². The fourth-order valence-corrected chi connectivity index (χ4v) is 1.81. The number of aryl methyl sites for hydroxylation is 1. The molecule has 1 aromatic carbocycles. The van der Waals surface area contributed by atoms with Crippen LogP contribution in [0.3, 0.4) is 0 Å². The molecule has 0 aliphatic heterocycles. The fourth-order valence-electron chi connectivity index (χ4n) is 1.62. The highest BCUT2D eigenvalue weighted by molar-refractivity contribution is 6.31. The molecule has 0 saturated heterocycles. The summed E-state index contributed by atoms with van der Waals surface area (Å²) < 4.78 is 1.62. The number of rotatable bonds is 3. The second kappa shape index (κ2) is 4.55. The van der Waals surface area contributed by atoms with Crippen LogP contribution < -0.4 is 0 Å². The van der Waals surface area contributed by atoms with Gasteiger partial charge in [0.1, 0.15) is 0 Å². The van der Waals surface area contributed by atoms with E-state index in [-0.39, 0.29) is 5.78 Å². The lowest BCUT2D eigenvalue weighted by Gasteiger charge is -1.98. The van der Waals surface area contributed by atoms with Crippen molar-refractivity contribution in [1.29, 1.82) is 0 Å². The molecule has 17 heavy (non-hydrogen) atoms. The molecule has 4 heteroatoms. The van der Waals surface area contributed by atoms with Crippen LogP contribution in [0.25, 0.3) is 0 Å². The van der Waals surface area contributed by atoms with Gasteiger partial charge in [-0.2, -0.15) is 0 Å². The van der Waals surface area contributed by atoms with Crippen LogP contribution in [0.2, 0.25) is 5.02 Å². The van der Waals surface area contributed by atoms with Crippen LogP contribution in [0.1, 0.15) is 26.4 Å². The number of carbonyl (C=O) groups excluding carboxylic acids is 2. The van der Waals surface area contributed by atoms with Crippen molar-refractivity contribution in [3.8, 4) is 0 Å². The lowest BCUT2D eigenvalue weighted by molar-refractivity contribution is 0.103. The van der Waals surface area contributed by atoms with Crippen molar-refractivity contribution in [2.24, 2.45) is 7.05 Å². The Morgan fingerprint density at radius 1 is 1.29 bits per heavy atom. The molecular formula is C13H10ClNO2. The first-order chi connectivity index (χ1) is 8.11. The molecule has 0 amide bonds. The van der Waals surface area contributed by atoms with Gasteiger partial charge in [-0.05, 0) is 18.2 Å². The quantitative estimate of drug-likeness (QED) is 0.618. The van der Waals surface area contributed by atoms with Gasteiger partial charge in [-0.25, -0.2) is 0 Å². The lowest BCUT2D eigenvalue weighted by Crippen LogP contribution is -1.99. The monoisotopic (exact) mass is 247 g/mol. The van der Waals surface area contributed by atoms with E-state index in [0.717, 1.165) is 6.29 Å². The molecule has 2 aromatic rings. The van der Waals surface area contributed by atoms with E-state index >= 15 is 0 Å². The van der Waals surface area contributed by atoms with E-state index in [9.17, 15) is 9.59 Å². The van der Waals surface area contributed by atoms with Gasteiger partial charge in [-0.1, -0.05) is 23.7 Å². The number of benzene rings is 1. The van der Waals surface area contributed by atoms with Gasteiger partial charge in [0.15, 0.2) is 12.1 Å². The predicted octanol–water partition coefficient (Wildman–Crippen LogP) is 2.72. The van der Waals surface area contributed by atoms with E-state index < -0.39 is 0 Å². The molecular weight excluding hydrogens is 238 g/mol. The Hall–Kier alpha value is -1.87. The molecule has 0 N–H and O–H groups in total. The number of hydrogen-bond donors (Lipinski definition) is 0. The molecule has 1 heterocycles. The maximum Gasteiger partial charge on any atom is 0.194 e. The Bertz CT molecular complexity index is 587. The predicted molar refractivity (Wildman–Crippen MR) is 65.7 cm³/mol. The summed E-state index contributed by atoms with van der Waals surface area (Å²) in [7, 11) is 1.72. The Balaban J connectivity index is 2.40. The first-order valence-electron chi connectivity index (χ1n) is 5.03. The second-order valence-electron chi connectivity index (χ2n) is 3.72. The highest BCUT2D eigenvalue weighted by Crippen LogP contribution is 2.16. The Labute approximate surface area is 104 Å². The molecule has 0 unspecified atom stereocenters. The summed E-state index contributed by atoms with van der Waals surface area (Å²) in [6, 6.07) is 8.30. The Kier molecular flexibility index (Phi) is 3.11. The molecule has 0 bridgehead atoms. The standard InChI is InChI=1S/C13H10ClNO2/c1-15-7-10(6-12(15)8-16)13(17)9-3-2-4-11(14)5-9/h2-8H,1H3. The SMILES string of the molecule is Cn1cc(C(=O)c2cccc(Cl)c2)cc1C=O. The first kappa shape index (κ1) is 11.6. The Morgan fingerprint density at radius 3 is 2.65 bits per heavy atom. The number of aromatic nitrogens is 1. The number of aldehydes is 1. The van der Waals surface area contributed by atoms with Crippen LogP contribution in [0, 0.1) is 0 Å². The van der Waals surface area contributed by atoms with Crippen molar-refractivity contribution in [3.63, 3.8) is 0 Å². The molecule has 0 radical (unpaired) electrons. The van der Waals surface area contributed by atoms with Crippen LogP contribution in [0.4, 0.5) is 0 Å². The molecule has 0 fully saturated rings. The average Bonchev–Trinajstić information content (AvgIpc) is 2.69. The van der Waals surface area contributed by atoms with E-state index in [4.69, 9.17) is 11.6 Å². The summed E-state index contributed by atoms with van der Waals surface area (Å²) in [5.74, 6) is -0.142. The normalized spacial score (nSPS) is 10.2. The summed E-state index contributed by atoms with van der Waals surface area (Å²) in [5, 5.41) is 0.516. The van der Waals surface area contributed by atoms with Crippen molar-refractivity contribution in [2.45, 2.75) is 0 Å². The molecule has 0 spiro atoms. The maximum absolute atomic E-state index is 12.1. The molecule has 0 aliphatic carbocycles. The third-order valence-corrected chi connectivity index (χ3v) is 2.75. The zero-order chi connectivity index (χ0) is 12.4. The minimum atomic E-state index is -0.142. The summed E-state index contributed by atoms with van der Waals surface area (Å²) in [6.45, 7) is 0. The number of ketones is 1. The van der Waals surface area contributed by atoms with Gasteiger partial charge in [-0.15, -0.1) is 0 Å². The third kappa shape index (κ3) is 2.29. The molecule has 0 atom stereocenters. The molecule has 2 rings (SSSR count).